The van der Waals surface area contributed by atoms with Gasteiger partial charge in [-0.1, -0.05) is 12.1 Å². The number of likely N-dealkylation sites (N-methyl/N-ethyl adjacent to an activating group) is 1. The maximum Gasteiger partial charge on any atom is 0.303 e. The van der Waals surface area contributed by atoms with Crippen molar-refractivity contribution in [3.05, 3.63) is 30.1 Å². The SMILES string of the molecule is CSCc1nc2ccccc2n1CC(=O)N(C)CCCC(=O)O. The molecule has 0 unspecified atom stereocenters. The first kappa shape index (κ1) is 17.3. The van der Waals surface area contributed by atoms with Gasteiger partial charge in [0.25, 0.3) is 0 Å². The van der Waals surface area contributed by atoms with Crippen molar-refractivity contribution >= 4 is 34.7 Å². The van der Waals surface area contributed by atoms with Crippen LogP contribution in [0.5, 0.6) is 0 Å². The lowest BCUT2D eigenvalue weighted by atomic mass is 10.3. The first-order valence-electron chi connectivity index (χ1n) is 7.41. The zero-order valence-corrected chi connectivity index (χ0v) is 14.2. The number of amides is 1. The van der Waals surface area contributed by atoms with Crippen LogP contribution in [0.15, 0.2) is 24.3 Å². The maximum absolute atomic E-state index is 12.4. The number of aliphatic carboxylic acids is 1. The van der Waals surface area contributed by atoms with Crippen molar-refractivity contribution in [2.75, 3.05) is 19.8 Å². The summed E-state index contributed by atoms with van der Waals surface area (Å²) in [4.78, 5) is 29.1. The number of carboxylic acid groups (broad SMARTS) is 1. The molecule has 0 bridgehead atoms. The number of benzene rings is 1. The van der Waals surface area contributed by atoms with Crippen LogP contribution in [0.25, 0.3) is 11.0 Å². The molecule has 0 aliphatic heterocycles. The topological polar surface area (TPSA) is 75.4 Å². The summed E-state index contributed by atoms with van der Waals surface area (Å²) in [5.41, 5.74) is 1.83. The molecule has 1 heterocycles. The third-order valence-corrected chi connectivity index (χ3v) is 4.16. The number of fused-ring (bicyclic) bond motifs is 1. The minimum atomic E-state index is -0.839. The van der Waals surface area contributed by atoms with E-state index in [0.717, 1.165) is 22.6 Å². The van der Waals surface area contributed by atoms with E-state index in [1.807, 2.05) is 35.1 Å². The van der Waals surface area contributed by atoms with Crippen LogP contribution < -0.4 is 0 Å². The van der Waals surface area contributed by atoms with Gasteiger partial charge in [0.05, 0.1) is 16.8 Å². The summed E-state index contributed by atoms with van der Waals surface area (Å²) in [5.74, 6) is 0.741. The summed E-state index contributed by atoms with van der Waals surface area (Å²) < 4.78 is 1.95. The molecule has 7 heteroatoms. The number of hydrogen-bond acceptors (Lipinski definition) is 4. The summed E-state index contributed by atoms with van der Waals surface area (Å²) in [6.07, 6.45) is 2.53. The monoisotopic (exact) mass is 335 g/mol. The largest absolute Gasteiger partial charge is 0.481 e. The average molecular weight is 335 g/mol. The highest BCUT2D eigenvalue weighted by atomic mass is 32.2. The van der Waals surface area contributed by atoms with E-state index in [0.29, 0.717) is 13.0 Å². The van der Waals surface area contributed by atoms with Gasteiger partial charge in [-0.3, -0.25) is 9.59 Å². The highest BCUT2D eigenvalue weighted by Crippen LogP contribution is 2.19. The molecule has 0 spiro atoms. The second kappa shape index (κ2) is 8.01. The van der Waals surface area contributed by atoms with Crippen LogP contribution in [0, 0.1) is 0 Å². The highest BCUT2D eigenvalue weighted by Gasteiger charge is 2.15. The Morgan fingerprint density at radius 1 is 1.35 bits per heavy atom. The van der Waals surface area contributed by atoms with Gasteiger partial charge in [-0.25, -0.2) is 4.98 Å². The summed E-state index contributed by atoms with van der Waals surface area (Å²) >= 11 is 1.66. The van der Waals surface area contributed by atoms with Gasteiger partial charge in [0.15, 0.2) is 0 Å². The Morgan fingerprint density at radius 2 is 2.09 bits per heavy atom. The fourth-order valence-corrected chi connectivity index (χ4v) is 2.87. The standard InChI is InChI=1S/C16H21N3O3S/c1-18(9-5-8-16(21)22)15(20)10-19-13-7-4-3-6-12(13)17-14(19)11-23-2/h3-4,6-7H,5,8-11H2,1-2H3,(H,21,22). The van der Waals surface area contributed by atoms with Gasteiger partial charge in [0.1, 0.15) is 12.4 Å². The fourth-order valence-electron chi connectivity index (χ4n) is 2.39. The van der Waals surface area contributed by atoms with E-state index in [4.69, 9.17) is 5.11 Å². The average Bonchev–Trinajstić information content (AvgIpc) is 2.85. The molecular formula is C16H21N3O3S. The maximum atomic E-state index is 12.4. The quantitative estimate of drug-likeness (QED) is 0.800. The lowest BCUT2D eigenvalue weighted by molar-refractivity contribution is -0.138. The highest BCUT2D eigenvalue weighted by molar-refractivity contribution is 7.97. The zero-order chi connectivity index (χ0) is 16.8. The van der Waals surface area contributed by atoms with Crippen LogP contribution in [-0.4, -0.2) is 51.3 Å². The minimum Gasteiger partial charge on any atom is -0.481 e. The minimum absolute atomic E-state index is 0.0408. The van der Waals surface area contributed by atoms with Gasteiger partial charge < -0.3 is 14.6 Å². The molecule has 6 nitrogen and oxygen atoms in total. The van der Waals surface area contributed by atoms with Gasteiger partial charge >= 0.3 is 5.97 Å². The summed E-state index contributed by atoms with van der Waals surface area (Å²) in [6.45, 7) is 0.662. The van der Waals surface area contributed by atoms with E-state index in [1.165, 1.54) is 0 Å². The van der Waals surface area contributed by atoms with Crippen molar-refractivity contribution in [3.8, 4) is 0 Å². The van der Waals surface area contributed by atoms with Crippen molar-refractivity contribution in [1.82, 2.24) is 14.5 Å². The summed E-state index contributed by atoms with van der Waals surface area (Å²) in [5, 5.41) is 8.67. The molecule has 1 N–H and O–H groups in total. The number of nitrogens with zero attached hydrogens (tertiary/aromatic N) is 3. The number of carboxylic acids is 1. The number of carbonyl (C=O) groups excluding carboxylic acids is 1. The number of rotatable bonds is 8. The molecule has 1 amide bonds. The van der Waals surface area contributed by atoms with Gasteiger partial charge in [-0.05, 0) is 24.8 Å². The van der Waals surface area contributed by atoms with E-state index in [2.05, 4.69) is 4.98 Å². The van der Waals surface area contributed by atoms with Crippen molar-refractivity contribution in [3.63, 3.8) is 0 Å². The van der Waals surface area contributed by atoms with Crippen molar-refractivity contribution in [1.29, 1.82) is 0 Å². The Balaban J connectivity index is 2.11. The number of carbonyl (C=O) groups is 2. The van der Waals surface area contributed by atoms with E-state index >= 15 is 0 Å². The molecule has 0 saturated heterocycles. The van der Waals surface area contributed by atoms with E-state index in [1.54, 1.807) is 23.7 Å². The molecule has 0 saturated carbocycles. The first-order chi connectivity index (χ1) is 11.0. The Morgan fingerprint density at radius 3 is 2.78 bits per heavy atom. The van der Waals surface area contributed by atoms with Crippen molar-refractivity contribution < 1.29 is 14.7 Å². The van der Waals surface area contributed by atoms with Crippen LogP contribution in [0.3, 0.4) is 0 Å². The predicted octanol–water partition coefficient (Wildman–Crippen LogP) is 2.22. The van der Waals surface area contributed by atoms with Gasteiger partial charge in [-0.2, -0.15) is 11.8 Å². The molecule has 1 aromatic carbocycles. The lowest BCUT2D eigenvalue weighted by Crippen LogP contribution is -2.31. The molecule has 1 aromatic heterocycles. The molecule has 2 rings (SSSR count). The molecule has 124 valence electrons. The van der Waals surface area contributed by atoms with Crippen LogP contribution in [0.2, 0.25) is 0 Å². The Bertz CT molecular complexity index is 699. The van der Waals surface area contributed by atoms with E-state index < -0.39 is 5.97 Å². The lowest BCUT2D eigenvalue weighted by Gasteiger charge is -2.18. The van der Waals surface area contributed by atoms with Crippen LogP contribution in [0.1, 0.15) is 18.7 Å². The van der Waals surface area contributed by atoms with E-state index in [9.17, 15) is 9.59 Å². The Labute approximate surface area is 139 Å². The van der Waals surface area contributed by atoms with Crippen LogP contribution in [-0.2, 0) is 21.9 Å². The molecule has 23 heavy (non-hydrogen) atoms. The molecular weight excluding hydrogens is 314 g/mol. The van der Waals surface area contributed by atoms with Gasteiger partial charge in [0, 0.05) is 20.0 Å². The number of para-hydroxylation sites is 2. The number of hydrogen-bond donors (Lipinski definition) is 1. The second-order valence-electron chi connectivity index (χ2n) is 5.35. The van der Waals surface area contributed by atoms with Crippen LogP contribution >= 0.6 is 11.8 Å². The summed E-state index contributed by atoms with van der Waals surface area (Å²) in [7, 11) is 1.71. The Hall–Kier alpha value is -2.02. The van der Waals surface area contributed by atoms with Crippen LogP contribution in [0.4, 0.5) is 0 Å². The summed E-state index contributed by atoms with van der Waals surface area (Å²) in [6, 6.07) is 7.77. The molecule has 0 aliphatic rings. The smallest absolute Gasteiger partial charge is 0.303 e. The third-order valence-electron chi connectivity index (χ3n) is 3.61. The Kier molecular flexibility index (Phi) is 6.04. The number of aromatic nitrogens is 2. The molecule has 0 aliphatic carbocycles. The zero-order valence-electron chi connectivity index (χ0n) is 13.4. The number of imidazole rings is 1. The number of thioether (sulfide) groups is 1. The first-order valence-corrected chi connectivity index (χ1v) is 8.81. The predicted molar refractivity (Wildman–Crippen MR) is 91.5 cm³/mol. The molecule has 0 radical (unpaired) electrons. The van der Waals surface area contributed by atoms with Crippen molar-refractivity contribution in [2.24, 2.45) is 0 Å². The molecule has 2 aromatic rings. The second-order valence-corrected chi connectivity index (χ2v) is 6.21. The molecule has 0 atom stereocenters. The fraction of sp³-hybridized carbons (Fsp3) is 0.438. The van der Waals surface area contributed by atoms with Crippen molar-refractivity contribution in [2.45, 2.75) is 25.1 Å². The molecule has 0 fully saturated rings. The third kappa shape index (κ3) is 4.48. The van der Waals surface area contributed by atoms with Gasteiger partial charge in [0.2, 0.25) is 5.91 Å². The van der Waals surface area contributed by atoms with E-state index in [-0.39, 0.29) is 18.9 Å². The normalized spacial score (nSPS) is 10.9. The van der Waals surface area contributed by atoms with Gasteiger partial charge in [-0.15, -0.1) is 0 Å².